The number of rotatable bonds is 0. The highest BCUT2D eigenvalue weighted by Crippen LogP contribution is 2.41. The molecule has 1 saturated heterocycles. The van der Waals surface area contributed by atoms with Crippen LogP contribution < -0.4 is 0 Å². The quantitative estimate of drug-likeness (QED) is 0.447. The zero-order valence-electron chi connectivity index (χ0n) is 6.23. The first-order valence-electron chi connectivity index (χ1n) is 3.93. The first-order valence-corrected chi connectivity index (χ1v) is 3.93. The molecule has 2 N–H and O–H groups in total. The Morgan fingerprint density at radius 2 is 2.27 bits per heavy atom. The molecular formula is C7H11BO3. The summed E-state index contributed by atoms with van der Waals surface area (Å²) in [7, 11) is 5.48. The maximum Gasteiger partial charge on any atom is 0.111 e. The van der Waals surface area contributed by atoms with Gasteiger partial charge in [-0.05, 0) is 19.3 Å². The highest BCUT2D eigenvalue weighted by Gasteiger charge is 2.53. The topological polar surface area (TPSA) is 49.7 Å². The van der Waals surface area contributed by atoms with Crippen molar-refractivity contribution in [2.75, 3.05) is 0 Å². The van der Waals surface area contributed by atoms with Gasteiger partial charge in [-0.2, -0.15) is 0 Å². The maximum absolute atomic E-state index is 9.81. The van der Waals surface area contributed by atoms with E-state index in [1.807, 2.05) is 0 Å². The highest BCUT2D eigenvalue weighted by atomic mass is 16.5. The van der Waals surface area contributed by atoms with Gasteiger partial charge in [0.2, 0.25) is 0 Å². The Labute approximate surface area is 66.8 Å². The van der Waals surface area contributed by atoms with Crippen molar-refractivity contribution < 1.29 is 14.9 Å². The Balaban J connectivity index is 2.18. The minimum absolute atomic E-state index is 0.403. The molecule has 2 fully saturated rings. The number of aliphatic hydroxyl groups is 2. The van der Waals surface area contributed by atoms with E-state index in [9.17, 15) is 10.2 Å². The zero-order chi connectivity index (χ0) is 8.06. The number of hydrogen-bond acceptors (Lipinski definition) is 3. The third kappa shape index (κ3) is 1.01. The van der Waals surface area contributed by atoms with Gasteiger partial charge in [-0.25, -0.2) is 0 Å². The van der Waals surface area contributed by atoms with Gasteiger partial charge >= 0.3 is 0 Å². The van der Waals surface area contributed by atoms with E-state index in [1.54, 1.807) is 0 Å². The Kier molecular flexibility index (Phi) is 1.53. The lowest BCUT2D eigenvalue weighted by molar-refractivity contribution is -0.0615. The van der Waals surface area contributed by atoms with E-state index < -0.39 is 23.8 Å². The van der Waals surface area contributed by atoms with Crippen molar-refractivity contribution in [3.8, 4) is 0 Å². The van der Waals surface area contributed by atoms with Gasteiger partial charge in [-0.3, -0.25) is 0 Å². The van der Waals surface area contributed by atoms with E-state index in [1.165, 1.54) is 0 Å². The molecule has 0 aromatic rings. The van der Waals surface area contributed by atoms with E-state index in [-0.39, 0.29) is 0 Å². The van der Waals surface area contributed by atoms with Crippen molar-refractivity contribution in [3.63, 3.8) is 0 Å². The van der Waals surface area contributed by atoms with Crippen LogP contribution in [-0.4, -0.2) is 41.9 Å². The van der Waals surface area contributed by atoms with Gasteiger partial charge in [0.15, 0.2) is 0 Å². The van der Waals surface area contributed by atoms with Gasteiger partial charge in [0, 0.05) is 6.00 Å². The average molecular weight is 154 g/mol. The van der Waals surface area contributed by atoms with E-state index in [4.69, 9.17) is 12.6 Å². The molecule has 0 aromatic carbocycles. The molecule has 1 aliphatic heterocycles. The molecule has 1 saturated carbocycles. The molecule has 0 bridgehead atoms. The molecule has 2 rings (SSSR count). The van der Waals surface area contributed by atoms with Gasteiger partial charge in [0.25, 0.3) is 0 Å². The number of ether oxygens (including phenoxy) is 1. The van der Waals surface area contributed by atoms with Crippen LogP contribution in [0.25, 0.3) is 0 Å². The lowest BCUT2D eigenvalue weighted by atomic mass is 9.88. The molecule has 11 heavy (non-hydrogen) atoms. The molecule has 1 unspecified atom stereocenters. The molecule has 2 radical (unpaired) electrons. The van der Waals surface area contributed by atoms with Crippen LogP contribution in [0.1, 0.15) is 19.3 Å². The fourth-order valence-electron chi connectivity index (χ4n) is 2.07. The molecule has 0 aromatic heterocycles. The van der Waals surface area contributed by atoms with Crippen molar-refractivity contribution >= 4 is 7.85 Å². The van der Waals surface area contributed by atoms with E-state index >= 15 is 0 Å². The molecule has 1 heterocycles. The third-order valence-corrected chi connectivity index (χ3v) is 2.63. The van der Waals surface area contributed by atoms with Crippen LogP contribution in [0.5, 0.6) is 0 Å². The number of hydrogen-bond donors (Lipinski definition) is 2. The van der Waals surface area contributed by atoms with E-state index in [2.05, 4.69) is 0 Å². The largest absolute Gasteiger partial charge is 0.390 e. The van der Waals surface area contributed by atoms with Crippen LogP contribution in [0.4, 0.5) is 0 Å². The van der Waals surface area contributed by atoms with Crippen LogP contribution in [0.15, 0.2) is 0 Å². The standard InChI is InChI=1S/C7H11BO3/c8-5-3-7(10)2-1-4(9)6(7)11-5/h4-6,9-10H,1-3H2/t4-,5-,6-,7?/m1/s1. The van der Waals surface area contributed by atoms with Crippen molar-refractivity contribution in [1.82, 2.24) is 0 Å². The summed E-state index contributed by atoms with van der Waals surface area (Å²) >= 11 is 0. The summed E-state index contributed by atoms with van der Waals surface area (Å²) in [5, 5.41) is 19.1. The van der Waals surface area contributed by atoms with Gasteiger partial charge < -0.3 is 14.9 Å². The average Bonchev–Trinajstić information content (AvgIpc) is 2.32. The molecule has 2 aliphatic rings. The summed E-state index contributed by atoms with van der Waals surface area (Å²) < 4.78 is 5.18. The predicted molar refractivity (Wildman–Crippen MR) is 39.2 cm³/mol. The minimum Gasteiger partial charge on any atom is -0.390 e. The molecule has 0 amide bonds. The van der Waals surface area contributed by atoms with Crippen LogP contribution in [0, 0.1) is 0 Å². The SMILES string of the molecule is [B][C@H]1CC2(O)CC[C@@H](O)[C@H]2O1. The monoisotopic (exact) mass is 154 g/mol. The van der Waals surface area contributed by atoms with Crippen molar-refractivity contribution in [3.05, 3.63) is 0 Å². The molecule has 4 heteroatoms. The second kappa shape index (κ2) is 2.22. The summed E-state index contributed by atoms with van der Waals surface area (Å²) in [4.78, 5) is 0. The van der Waals surface area contributed by atoms with Crippen molar-refractivity contribution in [2.24, 2.45) is 0 Å². The van der Waals surface area contributed by atoms with Crippen molar-refractivity contribution in [2.45, 2.75) is 43.1 Å². The molecule has 0 spiro atoms. The van der Waals surface area contributed by atoms with Crippen LogP contribution in [0.3, 0.4) is 0 Å². The Bertz CT molecular complexity index is 175. The summed E-state index contributed by atoms with van der Waals surface area (Å²) in [5.74, 6) is 0. The molecule has 1 aliphatic carbocycles. The molecule has 4 atom stereocenters. The van der Waals surface area contributed by atoms with Crippen LogP contribution in [-0.2, 0) is 4.74 Å². The Hall–Kier alpha value is -0.0551. The summed E-state index contributed by atoms with van der Waals surface area (Å²) in [6.07, 6.45) is 0.695. The van der Waals surface area contributed by atoms with E-state index in [0.29, 0.717) is 19.3 Å². The zero-order valence-corrected chi connectivity index (χ0v) is 6.23. The van der Waals surface area contributed by atoms with Gasteiger partial charge in [0.1, 0.15) is 14.0 Å². The third-order valence-electron chi connectivity index (χ3n) is 2.63. The minimum atomic E-state index is -0.848. The summed E-state index contributed by atoms with van der Waals surface area (Å²) in [5.41, 5.74) is -0.848. The molecule has 3 nitrogen and oxygen atoms in total. The summed E-state index contributed by atoms with van der Waals surface area (Å²) in [6.45, 7) is 0. The lowest BCUT2D eigenvalue weighted by Gasteiger charge is -2.20. The van der Waals surface area contributed by atoms with E-state index in [0.717, 1.165) is 0 Å². The van der Waals surface area contributed by atoms with Gasteiger partial charge in [-0.1, -0.05) is 0 Å². The molecular weight excluding hydrogens is 143 g/mol. The summed E-state index contributed by atoms with van der Waals surface area (Å²) in [6, 6.07) is -0.403. The normalized spacial score (nSPS) is 56.4. The van der Waals surface area contributed by atoms with Gasteiger partial charge in [-0.15, -0.1) is 0 Å². The second-order valence-corrected chi connectivity index (χ2v) is 3.51. The first kappa shape index (κ1) is 7.59. The number of aliphatic hydroxyl groups excluding tert-OH is 1. The first-order chi connectivity index (χ1) is 5.12. The highest BCUT2D eigenvalue weighted by molar-refractivity contribution is 6.11. The fraction of sp³-hybridized carbons (Fsp3) is 1.00. The number of fused-ring (bicyclic) bond motifs is 1. The molecule has 60 valence electrons. The Morgan fingerprint density at radius 3 is 2.91 bits per heavy atom. The second-order valence-electron chi connectivity index (χ2n) is 3.51. The van der Waals surface area contributed by atoms with Crippen molar-refractivity contribution in [1.29, 1.82) is 0 Å². The smallest absolute Gasteiger partial charge is 0.111 e. The van der Waals surface area contributed by atoms with Crippen LogP contribution >= 0.6 is 0 Å². The van der Waals surface area contributed by atoms with Gasteiger partial charge in [0.05, 0.1) is 11.7 Å². The Morgan fingerprint density at radius 1 is 1.55 bits per heavy atom. The maximum atomic E-state index is 9.81. The lowest BCUT2D eigenvalue weighted by Crippen LogP contribution is -2.37. The van der Waals surface area contributed by atoms with Crippen LogP contribution in [0.2, 0.25) is 0 Å². The fourth-order valence-corrected chi connectivity index (χ4v) is 2.07. The predicted octanol–water partition coefficient (Wildman–Crippen LogP) is -0.844.